The molecule has 2 aromatic carbocycles. The third kappa shape index (κ3) is 5.93. The highest BCUT2D eigenvalue weighted by Crippen LogP contribution is 2.31. The summed E-state index contributed by atoms with van der Waals surface area (Å²) in [5.41, 5.74) is 0.871. The van der Waals surface area contributed by atoms with E-state index < -0.39 is 23.2 Å². The van der Waals surface area contributed by atoms with Crippen LogP contribution in [0, 0.1) is 10.1 Å². The number of methoxy groups -OCH3 is 1. The fourth-order valence-corrected chi connectivity index (χ4v) is 2.52. The summed E-state index contributed by atoms with van der Waals surface area (Å²) < 4.78 is 10.1. The zero-order valence-corrected chi connectivity index (χ0v) is 15.3. The van der Waals surface area contributed by atoms with Crippen molar-refractivity contribution in [3.63, 3.8) is 0 Å². The molecule has 2 rings (SSSR count). The lowest BCUT2D eigenvalue weighted by atomic mass is 10.0. The van der Waals surface area contributed by atoms with Crippen LogP contribution in [0.25, 0.3) is 0 Å². The van der Waals surface area contributed by atoms with Crippen LogP contribution in [-0.4, -0.2) is 41.0 Å². The van der Waals surface area contributed by atoms with Crippen molar-refractivity contribution in [1.29, 1.82) is 0 Å². The zero-order chi connectivity index (χ0) is 20.5. The number of ether oxygens (including phenoxy) is 2. The maximum absolute atomic E-state index is 11.7. The summed E-state index contributed by atoms with van der Waals surface area (Å²) in [6.45, 7) is 0.193. The molecule has 28 heavy (non-hydrogen) atoms. The van der Waals surface area contributed by atoms with Crippen LogP contribution in [-0.2, 0) is 11.3 Å². The van der Waals surface area contributed by atoms with Gasteiger partial charge in [-0.05, 0) is 18.1 Å². The second kappa shape index (κ2) is 10.2. The SMILES string of the molecule is COc1cc([N+](=O)[O-])ccc1C(O)C(O)CCNC(=O)OCc1ccccc1. The molecule has 1 amide bonds. The fourth-order valence-electron chi connectivity index (χ4n) is 2.52. The first kappa shape index (κ1) is 21.1. The van der Waals surface area contributed by atoms with Gasteiger partial charge in [-0.1, -0.05) is 30.3 Å². The van der Waals surface area contributed by atoms with Crippen LogP contribution in [0.1, 0.15) is 23.7 Å². The second-order valence-corrected chi connectivity index (χ2v) is 5.97. The minimum Gasteiger partial charge on any atom is -0.496 e. The van der Waals surface area contributed by atoms with Gasteiger partial charge in [-0.15, -0.1) is 0 Å². The Morgan fingerprint density at radius 2 is 1.93 bits per heavy atom. The molecule has 0 aliphatic rings. The van der Waals surface area contributed by atoms with Crippen LogP contribution < -0.4 is 10.1 Å². The number of nitro benzene ring substituents is 1. The predicted octanol–water partition coefficient (Wildman–Crippen LogP) is 2.31. The lowest BCUT2D eigenvalue weighted by Crippen LogP contribution is -2.29. The summed E-state index contributed by atoms with van der Waals surface area (Å²) in [7, 11) is 1.31. The average Bonchev–Trinajstić information content (AvgIpc) is 2.71. The largest absolute Gasteiger partial charge is 0.496 e. The highest BCUT2D eigenvalue weighted by Gasteiger charge is 2.23. The van der Waals surface area contributed by atoms with Crippen molar-refractivity contribution < 1.29 is 29.4 Å². The van der Waals surface area contributed by atoms with Crippen LogP contribution in [0.5, 0.6) is 5.75 Å². The Hall–Kier alpha value is -3.17. The van der Waals surface area contributed by atoms with Gasteiger partial charge in [0.05, 0.1) is 24.2 Å². The number of amides is 1. The minimum absolute atomic E-state index is 0.0434. The first-order chi connectivity index (χ1) is 13.4. The van der Waals surface area contributed by atoms with Crippen LogP contribution >= 0.6 is 0 Å². The number of carbonyl (C=O) groups is 1. The topological polar surface area (TPSA) is 131 Å². The smallest absolute Gasteiger partial charge is 0.407 e. The molecule has 2 atom stereocenters. The molecule has 9 nitrogen and oxygen atoms in total. The molecule has 0 aromatic heterocycles. The molecule has 0 saturated heterocycles. The summed E-state index contributed by atoms with van der Waals surface area (Å²) in [6.07, 6.45) is -3.15. The number of aliphatic hydroxyl groups is 2. The standard InChI is InChI=1S/C19H22N2O7/c1-27-17-11-14(21(25)26)7-8-15(17)18(23)16(22)9-10-20-19(24)28-12-13-5-3-2-4-6-13/h2-8,11,16,18,22-23H,9-10,12H2,1H3,(H,20,24). The number of alkyl carbamates (subject to hydrolysis) is 1. The van der Waals surface area contributed by atoms with Crippen LogP contribution in [0.2, 0.25) is 0 Å². The van der Waals surface area contributed by atoms with Crippen molar-refractivity contribution in [2.24, 2.45) is 0 Å². The Morgan fingerprint density at radius 3 is 2.57 bits per heavy atom. The second-order valence-electron chi connectivity index (χ2n) is 5.97. The molecule has 2 aromatic rings. The van der Waals surface area contributed by atoms with Crippen molar-refractivity contribution in [3.05, 3.63) is 69.8 Å². The Balaban J connectivity index is 1.83. The van der Waals surface area contributed by atoms with Crippen molar-refractivity contribution in [2.75, 3.05) is 13.7 Å². The lowest BCUT2D eigenvalue weighted by molar-refractivity contribution is -0.385. The molecule has 0 saturated carbocycles. The van der Waals surface area contributed by atoms with Gasteiger partial charge < -0.3 is 25.0 Å². The number of rotatable bonds is 9. The molecular formula is C19H22N2O7. The van der Waals surface area contributed by atoms with Crippen molar-refractivity contribution in [3.8, 4) is 5.75 Å². The summed E-state index contributed by atoms with van der Waals surface area (Å²) in [5.74, 6) is 0.0935. The van der Waals surface area contributed by atoms with E-state index in [1.165, 1.54) is 25.3 Å². The molecule has 2 unspecified atom stereocenters. The number of hydrogen-bond acceptors (Lipinski definition) is 7. The average molecular weight is 390 g/mol. The molecular weight excluding hydrogens is 368 g/mol. The van der Waals surface area contributed by atoms with Gasteiger partial charge in [-0.25, -0.2) is 4.79 Å². The third-order valence-corrected chi connectivity index (χ3v) is 4.03. The van der Waals surface area contributed by atoms with E-state index in [0.29, 0.717) is 0 Å². The molecule has 0 spiro atoms. The molecule has 9 heteroatoms. The summed E-state index contributed by atoms with van der Waals surface area (Å²) in [4.78, 5) is 21.9. The maximum atomic E-state index is 11.7. The number of nitrogens with zero attached hydrogens (tertiary/aromatic N) is 1. The number of benzene rings is 2. The van der Waals surface area contributed by atoms with E-state index in [4.69, 9.17) is 9.47 Å². The number of nitro groups is 1. The fraction of sp³-hybridized carbons (Fsp3) is 0.316. The van der Waals surface area contributed by atoms with E-state index in [-0.39, 0.29) is 36.6 Å². The Kier molecular flexibility index (Phi) is 7.73. The first-order valence-corrected chi connectivity index (χ1v) is 8.55. The van der Waals surface area contributed by atoms with E-state index in [2.05, 4.69) is 5.32 Å². The molecule has 0 radical (unpaired) electrons. The van der Waals surface area contributed by atoms with Crippen molar-refractivity contribution in [1.82, 2.24) is 5.32 Å². The van der Waals surface area contributed by atoms with E-state index in [0.717, 1.165) is 5.56 Å². The Labute approximate surface area is 161 Å². The molecule has 0 aliphatic carbocycles. The van der Waals surface area contributed by atoms with Gasteiger partial charge in [-0.3, -0.25) is 10.1 Å². The van der Waals surface area contributed by atoms with E-state index >= 15 is 0 Å². The zero-order valence-electron chi connectivity index (χ0n) is 15.3. The van der Waals surface area contributed by atoms with Crippen molar-refractivity contribution in [2.45, 2.75) is 25.2 Å². The van der Waals surface area contributed by atoms with Crippen molar-refractivity contribution >= 4 is 11.8 Å². The van der Waals surface area contributed by atoms with E-state index in [9.17, 15) is 25.1 Å². The highest BCUT2D eigenvalue weighted by molar-refractivity contribution is 5.67. The highest BCUT2D eigenvalue weighted by atomic mass is 16.6. The predicted molar refractivity (Wildman–Crippen MR) is 99.9 cm³/mol. The van der Waals surface area contributed by atoms with Crippen LogP contribution in [0.3, 0.4) is 0 Å². The third-order valence-electron chi connectivity index (χ3n) is 4.03. The number of hydrogen-bond donors (Lipinski definition) is 3. The Bertz CT molecular complexity index is 798. The van der Waals surface area contributed by atoms with Gasteiger partial charge in [0.25, 0.3) is 5.69 Å². The van der Waals surface area contributed by atoms with Crippen LogP contribution in [0.15, 0.2) is 48.5 Å². The monoisotopic (exact) mass is 390 g/mol. The molecule has 0 heterocycles. The van der Waals surface area contributed by atoms with Gasteiger partial charge in [-0.2, -0.15) is 0 Å². The van der Waals surface area contributed by atoms with Crippen LogP contribution in [0.4, 0.5) is 10.5 Å². The van der Waals surface area contributed by atoms with Gasteiger partial charge in [0, 0.05) is 18.2 Å². The van der Waals surface area contributed by atoms with Gasteiger partial charge in [0.2, 0.25) is 0 Å². The van der Waals surface area contributed by atoms with Gasteiger partial charge in [0.15, 0.2) is 0 Å². The molecule has 0 fully saturated rings. The molecule has 150 valence electrons. The summed E-state index contributed by atoms with van der Waals surface area (Å²) >= 11 is 0. The maximum Gasteiger partial charge on any atom is 0.407 e. The summed E-state index contributed by atoms with van der Waals surface area (Å²) in [6, 6.07) is 12.9. The number of non-ortho nitro benzene ring substituents is 1. The first-order valence-electron chi connectivity index (χ1n) is 8.55. The minimum atomic E-state index is -1.34. The molecule has 3 N–H and O–H groups in total. The normalized spacial score (nSPS) is 12.7. The quantitative estimate of drug-likeness (QED) is 0.442. The van der Waals surface area contributed by atoms with Gasteiger partial charge >= 0.3 is 6.09 Å². The lowest BCUT2D eigenvalue weighted by Gasteiger charge is -2.20. The molecule has 0 bridgehead atoms. The van der Waals surface area contributed by atoms with Gasteiger partial charge in [0.1, 0.15) is 18.5 Å². The number of carbonyl (C=O) groups excluding carboxylic acids is 1. The van der Waals surface area contributed by atoms with E-state index in [1.54, 1.807) is 0 Å². The van der Waals surface area contributed by atoms with E-state index in [1.807, 2.05) is 30.3 Å². The number of aliphatic hydroxyl groups excluding tert-OH is 2. The summed E-state index contributed by atoms with van der Waals surface area (Å²) in [5, 5.41) is 33.8. The Morgan fingerprint density at radius 1 is 1.21 bits per heavy atom. The number of nitrogens with one attached hydrogen (secondary N) is 1. The molecule has 0 aliphatic heterocycles.